The minimum absolute atomic E-state index is 0.0126. The number of carbonyl (C=O) groups is 1. The molecule has 1 atom stereocenters. The summed E-state index contributed by atoms with van der Waals surface area (Å²) in [7, 11) is 0. The van der Waals surface area contributed by atoms with Crippen LogP contribution in [0.2, 0.25) is 0 Å². The van der Waals surface area contributed by atoms with Crippen LogP contribution in [0.4, 0.5) is 0 Å². The number of amides is 1. The van der Waals surface area contributed by atoms with E-state index >= 15 is 0 Å². The average molecular weight is 403 g/mol. The molecule has 1 unspecified atom stereocenters. The van der Waals surface area contributed by atoms with Crippen LogP contribution in [0.25, 0.3) is 22.4 Å². The zero-order chi connectivity index (χ0) is 21.1. The maximum Gasteiger partial charge on any atom is 0.247 e. The Kier molecular flexibility index (Phi) is 5.56. The van der Waals surface area contributed by atoms with Crippen molar-refractivity contribution in [3.63, 3.8) is 0 Å². The number of carbonyl (C=O) groups excluding carboxylic acids is 1. The number of aromatic nitrogens is 6. The molecule has 8 heteroatoms. The molecule has 30 heavy (non-hydrogen) atoms. The standard InChI is InChI=1S/C22H25N7O/c1-15(2)20(29-26-21(25-27-29)17-9-5-4-6-10-17)22(30)23-13-14-28-16(3)24-18-11-7-8-12-19(18)28/h4-12,15,20H,13-14H2,1-3H3,(H,23,30). The van der Waals surface area contributed by atoms with Crippen LogP contribution in [0.3, 0.4) is 0 Å². The zero-order valence-electron chi connectivity index (χ0n) is 17.4. The maximum atomic E-state index is 12.9. The van der Waals surface area contributed by atoms with E-state index in [9.17, 15) is 4.79 Å². The lowest BCUT2D eigenvalue weighted by Gasteiger charge is -2.19. The van der Waals surface area contributed by atoms with Crippen molar-refractivity contribution in [2.45, 2.75) is 33.4 Å². The summed E-state index contributed by atoms with van der Waals surface area (Å²) in [5, 5.41) is 15.8. The van der Waals surface area contributed by atoms with Crippen LogP contribution in [0, 0.1) is 12.8 Å². The summed E-state index contributed by atoms with van der Waals surface area (Å²) >= 11 is 0. The lowest BCUT2D eigenvalue weighted by molar-refractivity contribution is -0.126. The van der Waals surface area contributed by atoms with Crippen molar-refractivity contribution < 1.29 is 4.79 Å². The van der Waals surface area contributed by atoms with Gasteiger partial charge in [0.25, 0.3) is 0 Å². The third-order valence-corrected chi connectivity index (χ3v) is 5.09. The Morgan fingerprint density at radius 3 is 2.57 bits per heavy atom. The molecule has 1 amide bonds. The van der Waals surface area contributed by atoms with E-state index in [0.717, 1.165) is 22.4 Å². The number of fused-ring (bicyclic) bond motifs is 1. The van der Waals surface area contributed by atoms with Crippen molar-refractivity contribution in [3.05, 3.63) is 60.4 Å². The molecule has 0 bridgehead atoms. The Bertz CT molecular complexity index is 1150. The van der Waals surface area contributed by atoms with E-state index in [0.29, 0.717) is 18.9 Å². The minimum Gasteiger partial charge on any atom is -0.352 e. The number of hydrogen-bond donors (Lipinski definition) is 1. The molecule has 4 rings (SSSR count). The molecule has 0 aliphatic carbocycles. The van der Waals surface area contributed by atoms with Crippen molar-refractivity contribution in [1.29, 1.82) is 0 Å². The Hall–Kier alpha value is -3.55. The van der Waals surface area contributed by atoms with Gasteiger partial charge < -0.3 is 9.88 Å². The first kappa shape index (κ1) is 19.8. The van der Waals surface area contributed by atoms with Crippen LogP contribution in [-0.2, 0) is 11.3 Å². The van der Waals surface area contributed by atoms with Crippen LogP contribution >= 0.6 is 0 Å². The first-order chi connectivity index (χ1) is 14.5. The number of nitrogens with one attached hydrogen (secondary N) is 1. The lowest BCUT2D eigenvalue weighted by atomic mass is 10.0. The minimum atomic E-state index is -0.532. The number of tetrazole rings is 1. The summed E-state index contributed by atoms with van der Waals surface area (Å²) in [5.74, 6) is 1.33. The molecule has 0 spiro atoms. The van der Waals surface area contributed by atoms with E-state index in [1.165, 1.54) is 4.80 Å². The predicted octanol–water partition coefficient (Wildman–Crippen LogP) is 3.01. The van der Waals surface area contributed by atoms with Gasteiger partial charge >= 0.3 is 0 Å². The molecule has 1 N–H and O–H groups in total. The van der Waals surface area contributed by atoms with Crippen molar-refractivity contribution in [2.24, 2.45) is 5.92 Å². The van der Waals surface area contributed by atoms with Crippen molar-refractivity contribution in [1.82, 2.24) is 35.1 Å². The second-order valence-corrected chi connectivity index (χ2v) is 7.58. The van der Waals surface area contributed by atoms with E-state index in [4.69, 9.17) is 0 Å². The fourth-order valence-electron chi connectivity index (χ4n) is 3.59. The van der Waals surface area contributed by atoms with E-state index < -0.39 is 6.04 Å². The van der Waals surface area contributed by atoms with Crippen molar-refractivity contribution in [3.8, 4) is 11.4 Å². The molecule has 0 saturated heterocycles. The van der Waals surface area contributed by atoms with Crippen LogP contribution in [-0.4, -0.2) is 42.2 Å². The first-order valence-corrected chi connectivity index (χ1v) is 10.1. The molecule has 2 heterocycles. The van der Waals surface area contributed by atoms with Crippen LogP contribution in [0.5, 0.6) is 0 Å². The third-order valence-electron chi connectivity index (χ3n) is 5.09. The monoisotopic (exact) mass is 403 g/mol. The second-order valence-electron chi connectivity index (χ2n) is 7.58. The van der Waals surface area contributed by atoms with E-state index in [1.54, 1.807) is 0 Å². The van der Waals surface area contributed by atoms with Gasteiger partial charge in [0.2, 0.25) is 11.7 Å². The van der Waals surface area contributed by atoms with E-state index in [2.05, 4.69) is 30.3 Å². The fraction of sp³-hybridized carbons (Fsp3) is 0.318. The summed E-state index contributed by atoms with van der Waals surface area (Å²) in [6.07, 6.45) is 0. The topological polar surface area (TPSA) is 90.5 Å². The molecule has 2 aromatic heterocycles. The third kappa shape index (κ3) is 3.94. The van der Waals surface area contributed by atoms with E-state index in [-0.39, 0.29) is 11.8 Å². The molecule has 0 aliphatic rings. The van der Waals surface area contributed by atoms with E-state index in [1.807, 2.05) is 75.4 Å². The van der Waals surface area contributed by atoms with Crippen LogP contribution in [0.15, 0.2) is 54.6 Å². The van der Waals surface area contributed by atoms with Gasteiger partial charge in [-0.1, -0.05) is 56.3 Å². The van der Waals surface area contributed by atoms with Gasteiger partial charge in [0.1, 0.15) is 5.82 Å². The summed E-state index contributed by atoms with van der Waals surface area (Å²) in [5.41, 5.74) is 2.89. The summed E-state index contributed by atoms with van der Waals surface area (Å²) in [6.45, 7) is 7.06. The molecule has 154 valence electrons. The number of rotatable bonds is 7. The molecular weight excluding hydrogens is 378 g/mol. The quantitative estimate of drug-likeness (QED) is 0.512. The molecule has 0 aliphatic heterocycles. The van der Waals surface area contributed by atoms with Gasteiger partial charge in [-0.15, -0.1) is 10.2 Å². The van der Waals surface area contributed by atoms with Crippen LogP contribution < -0.4 is 5.32 Å². The highest BCUT2D eigenvalue weighted by atomic mass is 16.2. The SMILES string of the molecule is Cc1nc2ccccc2n1CCNC(=O)C(C(C)C)n1nnc(-c2ccccc2)n1. The van der Waals surface area contributed by atoms with Gasteiger partial charge in [-0.05, 0) is 30.2 Å². The summed E-state index contributed by atoms with van der Waals surface area (Å²) in [4.78, 5) is 18.9. The number of benzene rings is 2. The Morgan fingerprint density at radius 1 is 1.07 bits per heavy atom. The Balaban J connectivity index is 1.45. The van der Waals surface area contributed by atoms with Crippen LogP contribution in [0.1, 0.15) is 25.7 Å². The highest BCUT2D eigenvalue weighted by Gasteiger charge is 2.27. The molecule has 8 nitrogen and oxygen atoms in total. The van der Waals surface area contributed by atoms with Crippen molar-refractivity contribution in [2.75, 3.05) is 6.54 Å². The smallest absolute Gasteiger partial charge is 0.247 e. The Labute approximate surface area is 174 Å². The molecule has 2 aromatic carbocycles. The van der Waals surface area contributed by atoms with Gasteiger partial charge in [-0.25, -0.2) is 4.98 Å². The zero-order valence-corrected chi connectivity index (χ0v) is 17.4. The number of aryl methyl sites for hydroxylation is 1. The molecule has 0 saturated carbocycles. The maximum absolute atomic E-state index is 12.9. The summed E-state index contributed by atoms with van der Waals surface area (Å²) < 4.78 is 2.11. The number of nitrogens with zero attached hydrogens (tertiary/aromatic N) is 6. The lowest BCUT2D eigenvalue weighted by Crippen LogP contribution is -2.38. The number of hydrogen-bond acceptors (Lipinski definition) is 5. The first-order valence-electron chi connectivity index (χ1n) is 10.1. The van der Waals surface area contributed by atoms with Crippen molar-refractivity contribution >= 4 is 16.9 Å². The van der Waals surface area contributed by atoms with Gasteiger partial charge in [0.15, 0.2) is 6.04 Å². The Morgan fingerprint density at radius 2 is 1.80 bits per heavy atom. The van der Waals surface area contributed by atoms with Gasteiger partial charge in [0.05, 0.1) is 11.0 Å². The molecule has 4 aromatic rings. The highest BCUT2D eigenvalue weighted by Crippen LogP contribution is 2.19. The van der Waals surface area contributed by atoms with Gasteiger partial charge in [0, 0.05) is 18.7 Å². The molecule has 0 fully saturated rings. The highest BCUT2D eigenvalue weighted by molar-refractivity contribution is 5.80. The average Bonchev–Trinajstić information content (AvgIpc) is 3.33. The largest absolute Gasteiger partial charge is 0.352 e. The van der Waals surface area contributed by atoms with Gasteiger partial charge in [-0.3, -0.25) is 4.79 Å². The summed E-state index contributed by atoms with van der Waals surface area (Å²) in [6, 6.07) is 17.1. The normalized spacial score (nSPS) is 12.4. The number of para-hydroxylation sites is 2. The molecular formula is C22H25N7O. The second kappa shape index (κ2) is 8.44. The van der Waals surface area contributed by atoms with Gasteiger partial charge in [-0.2, -0.15) is 4.80 Å². The fourth-order valence-corrected chi connectivity index (χ4v) is 3.59. The number of imidazole rings is 1. The molecule has 0 radical (unpaired) electrons. The predicted molar refractivity (Wildman–Crippen MR) is 115 cm³/mol.